The number of fused-ring (bicyclic) bond motifs is 1. The minimum Gasteiger partial charge on any atom is -0.497 e. The van der Waals surface area contributed by atoms with E-state index in [0.29, 0.717) is 6.54 Å². The van der Waals surface area contributed by atoms with E-state index in [1.807, 2.05) is 41.3 Å². The van der Waals surface area contributed by atoms with Crippen LogP contribution in [0.5, 0.6) is 11.5 Å². The molecule has 0 bridgehead atoms. The summed E-state index contributed by atoms with van der Waals surface area (Å²) >= 11 is 0. The highest BCUT2D eigenvalue weighted by atomic mass is 16.5. The molecule has 3 aromatic rings. The van der Waals surface area contributed by atoms with Gasteiger partial charge < -0.3 is 19.4 Å². The fourth-order valence-corrected chi connectivity index (χ4v) is 3.70. The molecule has 1 aliphatic carbocycles. The summed E-state index contributed by atoms with van der Waals surface area (Å²) in [4.78, 5) is 18.7. The number of ether oxygens (including phenoxy) is 2. The van der Waals surface area contributed by atoms with Crippen LogP contribution in [-0.4, -0.2) is 36.1 Å². The van der Waals surface area contributed by atoms with Gasteiger partial charge in [0.2, 0.25) is 0 Å². The van der Waals surface area contributed by atoms with Gasteiger partial charge in [-0.25, -0.2) is 0 Å². The molecule has 28 heavy (non-hydrogen) atoms. The number of amides is 1. The molecular formula is C23H26N2O3. The SMILES string of the molecule is COc1ccc(OC)c(CN(C(=O)c2ccc3[nH]c(C)c(C)c3c2)C2CC2)c1. The number of hydrogen-bond donors (Lipinski definition) is 1. The zero-order chi connectivity index (χ0) is 19.8. The highest BCUT2D eigenvalue weighted by Gasteiger charge is 2.33. The molecule has 0 unspecified atom stereocenters. The van der Waals surface area contributed by atoms with E-state index in [9.17, 15) is 4.79 Å². The number of aromatic amines is 1. The van der Waals surface area contributed by atoms with Gasteiger partial charge in [0.25, 0.3) is 5.91 Å². The second kappa shape index (κ2) is 7.23. The van der Waals surface area contributed by atoms with Crippen LogP contribution in [0, 0.1) is 13.8 Å². The molecule has 2 aromatic carbocycles. The van der Waals surface area contributed by atoms with Gasteiger partial charge in [-0.15, -0.1) is 0 Å². The first-order valence-corrected chi connectivity index (χ1v) is 9.62. The van der Waals surface area contributed by atoms with E-state index in [1.165, 1.54) is 5.56 Å². The van der Waals surface area contributed by atoms with Gasteiger partial charge in [-0.05, 0) is 68.7 Å². The Morgan fingerprint density at radius 1 is 1.11 bits per heavy atom. The van der Waals surface area contributed by atoms with Crippen LogP contribution in [0.4, 0.5) is 0 Å². The highest BCUT2D eigenvalue weighted by molar-refractivity contribution is 5.99. The van der Waals surface area contributed by atoms with Crippen molar-refractivity contribution in [3.8, 4) is 11.5 Å². The molecular weight excluding hydrogens is 352 g/mol. The zero-order valence-corrected chi connectivity index (χ0v) is 16.8. The van der Waals surface area contributed by atoms with E-state index in [4.69, 9.17) is 9.47 Å². The summed E-state index contributed by atoms with van der Waals surface area (Å²) in [6, 6.07) is 11.9. The van der Waals surface area contributed by atoms with Gasteiger partial charge in [0.1, 0.15) is 11.5 Å². The Labute approximate surface area is 165 Å². The Morgan fingerprint density at radius 3 is 2.57 bits per heavy atom. The number of carbonyl (C=O) groups excluding carboxylic acids is 1. The first-order valence-electron chi connectivity index (χ1n) is 9.62. The summed E-state index contributed by atoms with van der Waals surface area (Å²) in [6.45, 7) is 4.65. The van der Waals surface area contributed by atoms with E-state index in [-0.39, 0.29) is 11.9 Å². The number of aromatic nitrogens is 1. The highest BCUT2D eigenvalue weighted by Crippen LogP contribution is 2.33. The van der Waals surface area contributed by atoms with E-state index in [2.05, 4.69) is 18.8 Å². The van der Waals surface area contributed by atoms with Gasteiger partial charge in [0, 0.05) is 33.8 Å². The summed E-state index contributed by atoms with van der Waals surface area (Å²) in [5.74, 6) is 1.60. The molecule has 1 aliphatic rings. The normalized spacial score (nSPS) is 13.6. The molecule has 1 amide bonds. The molecule has 146 valence electrons. The number of benzene rings is 2. The molecule has 0 radical (unpaired) electrons. The number of nitrogens with one attached hydrogen (secondary N) is 1. The molecule has 0 atom stereocenters. The van der Waals surface area contributed by atoms with Crippen molar-refractivity contribution in [2.75, 3.05) is 14.2 Å². The van der Waals surface area contributed by atoms with E-state index in [0.717, 1.165) is 52.1 Å². The third-order valence-corrected chi connectivity index (χ3v) is 5.63. The van der Waals surface area contributed by atoms with Crippen molar-refractivity contribution in [3.05, 3.63) is 58.8 Å². The lowest BCUT2D eigenvalue weighted by Gasteiger charge is -2.24. The van der Waals surface area contributed by atoms with Crippen LogP contribution < -0.4 is 9.47 Å². The van der Waals surface area contributed by atoms with Crippen LogP contribution in [-0.2, 0) is 6.54 Å². The first-order chi connectivity index (χ1) is 13.5. The molecule has 1 aromatic heterocycles. The van der Waals surface area contributed by atoms with Crippen LogP contribution in [0.25, 0.3) is 10.9 Å². The van der Waals surface area contributed by atoms with Crippen LogP contribution in [0.2, 0.25) is 0 Å². The number of H-pyrrole nitrogens is 1. The topological polar surface area (TPSA) is 54.6 Å². The number of carbonyl (C=O) groups is 1. The van der Waals surface area contributed by atoms with E-state index in [1.54, 1.807) is 14.2 Å². The second-order valence-corrected chi connectivity index (χ2v) is 7.48. The number of aryl methyl sites for hydroxylation is 2. The van der Waals surface area contributed by atoms with Crippen molar-refractivity contribution in [1.29, 1.82) is 0 Å². The van der Waals surface area contributed by atoms with Crippen molar-refractivity contribution >= 4 is 16.8 Å². The predicted molar refractivity (Wildman–Crippen MR) is 110 cm³/mol. The molecule has 0 aliphatic heterocycles. The molecule has 4 rings (SSSR count). The number of nitrogens with zero attached hydrogens (tertiary/aromatic N) is 1. The Balaban J connectivity index is 1.67. The predicted octanol–water partition coefficient (Wildman–Crippen LogP) is 4.61. The largest absolute Gasteiger partial charge is 0.497 e. The van der Waals surface area contributed by atoms with Crippen LogP contribution in [0.3, 0.4) is 0 Å². The van der Waals surface area contributed by atoms with Crippen LogP contribution in [0.1, 0.15) is 40.0 Å². The maximum atomic E-state index is 13.4. The molecule has 0 spiro atoms. The molecule has 0 saturated heterocycles. The summed E-state index contributed by atoms with van der Waals surface area (Å²) in [7, 11) is 3.30. The van der Waals surface area contributed by atoms with Crippen molar-refractivity contribution in [3.63, 3.8) is 0 Å². The third-order valence-electron chi connectivity index (χ3n) is 5.63. The lowest BCUT2D eigenvalue weighted by molar-refractivity contribution is 0.0729. The van der Waals surface area contributed by atoms with Crippen LogP contribution >= 0.6 is 0 Å². The molecule has 1 fully saturated rings. The van der Waals surface area contributed by atoms with Crippen molar-refractivity contribution in [2.45, 2.75) is 39.3 Å². The quantitative estimate of drug-likeness (QED) is 0.682. The Morgan fingerprint density at radius 2 is 1.89 bits per heavy atom. The average Bonchev–Trinajstić information content (AvgIpc) is 3.51. The monoisotopic (exact) mass is 378 g/mol. The Bertz CT molecular complexity index is 1030. The number of methoxy groups -OCH3 is 2. The molecule has 1 N–H and O–H groups in total. The summed E-state index contributed by atoms with van der Waals surface area (Å²) in [6.07, 6.45) is 2.09. The fraction of sp³-hybridized carbons (Fsp3) is 0.348. The van der Waals surface area contributed by atoms with Crippen molar-refractivity contribution in [2.24, 2.45) is 0 Å². The van der Waals surface area contributed by atoms with Crippen LogP contribution in [0.15, 0.2) is 36.4 Å². The standard InChI is InChI=1S/C23H26N2O3/c1-14-15(2)24-21-9-5-16(12-20(14)21)23(26)25(18-6-7-18)13-17-11-19(27-3)8-10-22(17)28-4/h5,8-12,18,24H,6-7,13H2,1-4H3. The maximum Gasteiger partial charge on any atom is 0.254 e. The van der Waals surface area contributed by atoms with Crippen molar-refractivity contribution in [1.82, 2.24) is 9.88 Å². The second-order valence-electron chi connectivity index (χ2n) is 7.48. The minimum absolute atomic E-state index is 0.0625. The summed E-state index contributed by atoms with van der Waals surface area (Å²) in [5, 5.41) is 1.11. The van der Waals surface area contributed by atoms with E-state index < -0.39 is 0 Å². The van der Waals surface area contributed by atoms with Gasteiger partial charge in [-0.3, -0.25) is 4.79 Å². The van der Waals surface area contributed by atoms with Gasteiger partial charge in [0.05, 0.1) is 20.8 Å². The van der Waals surface area contributed by atoms with E-state index >= 15 is 0 Å². The van der Waals surface area contributed by atoms with Gasteiger partial charge >= 0.3 is 0 Å². The molecule has 1 saturated carbocycles. The first kappa shape index (κ1) is 18.4. The van der Waals surface area contributed by atoms with Gasteiger partial charge in [0.15, 0.2) is 0 Å². The van der Waals surface area contributed by atoms with Crippen molar-refractivity contribution < 1.29 is 14.3 Å². The Hall–Kier alpha value is -2.95. The molecule has 1 heterocycles. The third kappa shape index (κ3) is 3.33. The van der Waals surface area contributed by atoms with Gasteiger partial charge in [-0.2, -0.15) is 0 Å². The lowest BCUT2D eigenvalue weighted by atomic mass is 10.1. The smallest absolute Gasteiger partial charge is 0.254 e. The lowest BCUT2D eigenvalue weighted by Crippen LogP contribution is -2.32. The maximum absolute atomic E-state index is 13.4. The molecule has 5 heteroatoms. The number of rotatable bonds is 6. The summed E-state index contributed by atoms with van der Waals surface area (Å²) in [5.41, 5.74) is 5.08. The number of hydrogen-bond acceptors (Lipinski definition) is 3. The van der Waals surface area contributed by atoms with Gasteiger partial charge in [-0.1, -0.05) is 0 Å². The molecule has 5 nitrogen and oxygen atoms in total. The average molecular weight is 378 g/mol. The Kier molecular flexibility index (Phi) is 4.75. The minimum atomic E-state index is 0.0625. The zero-order valence-electron chi connectivity index (χ0n) is 16.8. The summed E-state index contributed by atoms with van der Waals surface area (Å²) < 4.78 is 10.9. The fourth-order valence-electron chi connectivity index (χ4n) is 3.70.